The zero-order valence-corrected chi connectivity index (χ0v) is 16.1. The van der Waals surface area contributed by atoms with Gasteiger partial charge in [-0.2, -0.15) is 0 Å². The lowest BCUT2D eigenvalue weighted by Gasteiger charge is -2.09. The van der Waals surface area contributed by atoms with Gasteiger partial charge in [0.2, 0.25) is 11.0 Å². The normalized spacial score (nSPS) is 10.4. The molecule has 3 rings (SSSR count). The molecule has 8 heteroatoms. The quantitative estimate of drug-likeness (QED) is 0.419. The standard InChI is InChI=1S/C18H19N5OS2/c1-12-7-3-5-9-14(12)19-17-22-23-18(26-17)25-11-16(24)21-20-15-10-6-4-8-13(15)2/h3-10,20H,11H2,1-2H3,(H,19,22)(H,21,24). The van der Waals surface area contributed by atoms with E-state index in [0.29, 0.717) is 5.13 Å². The molecule has 0 aliphatic rings. The molecule has 0 radical (unpaired) electrons. The summed E-state index contributed by atoms with van der Waals surface area (Å²) < 4.78 is 0.743. The molecule has 0 saturated carbocycles. The van der Waals surface area contributed by atoms with E-state index in [2.05, 4.69) is 26.4 Å². The van der Waals surface area contributed by atoms with Crippen LogP contribution < -0.4 is 16.2 Å². The van der Waals surface area contributed by atoms with Gasteiger partial charge in [-0.05, 0) is 37.1 Å². The average molecular weight is 386 g/mol. The van der Waals surface area contributed by atoms with E-state index in [1.165, 1.54) is 23.1 Å². The van der Waals surface area contributed by atoms with Crippen molar-refractivity contribution in [2.24, 2.45) is 0 Å². The van der Waals surface area contributed by atoms with Gasteiger partial charge in [-0.3, -0.25) is 15.6 Å². The molecular weight excluding hydrogens is 366 g/mol. The molecule has 0 atom stereocenters. The van der Waals surface area contributed by atoms with E-state index in [-0.39, 0.29) is 11.7 Å². The van der Waals surface area contributed by atoms with E-state index >= 15 is 0 Å². The maximum Gasteiger partial charge on any atom is 0.248 e. The number of rotatable bonds is 7. The van der Waals surface area contributed by atoms with E-state index in [0.717, 1.165) is 26.8 Å². The minimum Gasteiger partial charge on any atom is -0.330 e. The summed E-state index contributed by atoms with van der Waals surface area (Å²) in [6.07, 6.45) is 0. The minimum atomic E-state index is -0.123. The number of anilines is 3. The van der Waals surface area contributed by atoms with Crippen LogP contribution in [0.4, 0.5) is 16.5 Å². The van der Waals surface area contributed by atoms with Gasteiger partial charge >= 0.3 is 0 Å². The topological polar surface area (TPSA) is 78.9 Å². The number of aryl methyl sites for hydroxylation is 2. The summed E-state index contributed by atoms with van der Waals surface area (Å²) >= 11 is 2.78. The van der Waals surface area contributed by atoms with Crippen LogP contribution in [0.15, 0.2) is 52.9 Å². The van der Waals surface area contributed by atoms with Crippen LogP contribution in [0.5, 0.6) is 0 Å². The zero-order valence-electron chi connectivity index (χ0n) is 14.4. The fourth-order valence-electron chi connectivity index (χ4n) is 2.16. The SMILES string of the molecule is Cc1ccccc1NNC(=O)CSc1nnc(Nc2ccccc2C)s1. The molecule has 2 aromatic carbocycles. The van der Waals surface area contributed by atoms with Gasteiger partial charge in [0.25, 0.3) is 0 Å². The summed E-state index contributed by atoms with van der Waals surface area (Å²) in [6.45, 7) is 4.01. The van der Waals surface area contributed by atoms with Gasteiger partial charge in [0.1, 0.15) is 0 Å². The van der Waals surface area contributed by atoms with Gasteiger partial charge in [-0.15, -0.1) is 10.2 Å². The molecule has 0 unspecified atom stereocenters. The summed E-state index contributed by atoms with van der Waals surface area (Å²) in [5.74, 6) is 0.139. The first-order chi connectivity index (χ1) is 12.6. The van der Waals surface area contributed by atoms with Crippen molar-refractivity contribution in [2.75, 3.05) is 16.5 Å². The Hall–Kier alpha value is -2.58. The minimum absolute atomic E-state index is 0.123. The average Bonchev–Trinajstić information content (AvgIpc) is 3.09. The monoisotopic (exact) mass is 385 g/mol. The predicted molar refractivity (Wildman–Crippen MR) is 108 cm³/mol. The number of carbonyl (C=O) groups is 1. The second kappa shape index (κ2) is 8.68. The summed E-state index contributed by atoms with van der Waals surface area (Å²) in [5, 5.41) is 12.2. The van der Waals surface area contributed by atoms with E-state index in [1.807, 2.05) is 62.4 Å². The Balaban J connectivity index is 1.48. The third-order valence-corrected chi connectivity index (χ3v) is 5.57. The Morgan fingerprint density at radius 1 is 1.00 bits per heavy atom. The number of nitrogens with zero attached hydrogens (tertiary/aromatic N) is 2. The van der Waals surface area contributed by atoms with Crippen LogP contribution in [0.1, 0.15) is 11.1 Å². The van der Waals surface area contributed by atoms with Crippen molar-refractivity contribution in [3.8, 4) is 0 Å². The number of benzene rings is 2. The van der Waals surface area contributed by atoms with Gasteiger partial charge in [-0.1, -0.05) is 59.5 Å². The molecule has 3 N–H and O–H groups in total. The molecule has 0 spiro atoms. The van der Waals surface area contributed by atoms with Crippen LogP contribution in [-0.2, 0) is 4.79 Å². The van der Waals surface area contributed by atoms with E-state index in [4.69, 9.17) is 0 Å². The number of para-hydroxylation sites is 2. The zero-order chi connectivity index (χ0) is 18.4. The number of amides is 1. The Labute approximate surface area is 160 Å². The van der Waals surface area contributed by atoms with Crippen molar-refractivity contribution in [2.45, 2.75) is 18.2 Å². The van der Waals surface area contributed by atoms with Crippen LogP contribution in [0.2, 0.25) is 0 Å². The van der Waals surface area contributed by atoms with Crippen molar-refractivity contribution in [1.82, 2.24) is 15.6 Å². The van der Waals surface area contributed by atoms with Crippen molar-refractivity contribution < 1.29 is 4.79 Å². The molecule has 0 saturated heterocycles. The number of hydrazine groups is 1. The number of hydrogen-bond acceptors (Lipinski definition) is 7. The van der Waals surface area contributed by atoms with Gasteiger partial charge in [0, 0.05) is 5.69 Å². The van der Waals surface area contributed by atoms with Crippen LogP contribution in [0.3, 0.4) is 0 Å². The van der Waals surface area contributed by atoms with Crippen molar-refractivity contribution in [1.29, 1.82) is 0 Å². The number of hydrogen-bond donors (Lipinski definition) is 3. The summed E-state index contributed by atoms with van der Waals surface area (Å²) in [6, 6.07) is 15.8. The highest BCUT2D eigenvalue weighted by Crippen LogP contribution is 2.28. The molecule has 134 valence electrons. The Bertz CT molecular complexity index is 897. The van der Waals surface area contributed by atoms with Crippen LogP contribution in [0.25, 0.3) is 0 Å². The highest BCUT2D eigenvalue weighted by Gasteiger charge is 2.09. The van der Waals surface area contributed by atoms with Crippen molar-refractivity contribution in [3.05, 3.63) is 59.7 Å². The fourth-order valence-corrected chi connectivity index (χ4v) is 3.72. The summed E-state index contributed by atoms with van der Waals surface area (Å²) in [4.78, 5) is 12.0. The second-order valence-electron chi connectivity index (χ2n) is 5.59. The second-order valence-corrected chi connectivity index (χ2v) is 7.79. The van der Waals surface area contributed by atoms with Gasteiger partial charge in [0.05, 0.1) is 11.4 Å². The van der Waals surface area contributed by atoms with E-state index in [9.17, 15) is 4.79 Å². The Kier molecular flexibility index (Phi) is 6.08. The molecule has 26 heavy (non-hydrogen) atoms. The van der Waals surface area contributed by atoms with Crippen LogP contribution in [0, 0.1) is 13.8 Å². The van der Waals surface area contributed by atoms with E-state index in [1.54, 1.807) is 0 Å². The molecule has 3 aromatic rings. The number of carbonyl (C=O) groups excluding carboxylic acids is 1. The lowest BCUT2D eigenvalue weighted by Crippen LogP contribution is -2.31. The molecule has 0 aliphatic heterocycles. The molecule has 1 amide bonds. The number of aromatic nitrogens is 2. The Morgan fingerprint density at radius 2 is 1.65 bits per heavy atom. The molecule has 6 nitrogen and oxygen atoms in total. The van der Waals surface area contributed by atoms with Crippen molar-refractivity contribution >= 4 is 45.5 Å². The lowest BCUT2D eigenvalue weighted by molar-refractivity contribution is -0.118. The highest BCUT2D eigenvalue weighted by molar-refractivity contribution is 8.01. The third-order valence-electron chi connectivity index (χ3n) is 3.60. The Morgan fingerprint density at radius 3 is 2.35 bits per heavy atom. The molecule has 0 aliphatic carbocycles. The molecular formula is C18H19N5OS2. The van der Waals surface area contributed by atoms with E-state index < -0.39 is 0 Å². The maximum absolute atomic E-state index is 12.0. The highest BCUT2D eigenvalue weighted by atomic mass is 32.2. The molecule has 1 aromatic heterocycles. The first-order valence-electron chi connectivity index (χ1n) is 8.01. The lowest BCUT2D eigenvalue weighted by atomic mass is 10.2. The third kappa shape index (κ3) is 4.96. The fraction of sp³-hybridized carbons (Fsp3) is 0.167. The number of nitrogens with one attached hydrogen (secondary N) is 3. The smallest absolute Gasteiger partial charge is 0.248 e. The van der Waals surface area contributed by atoms with Gasteiger partial charge in [-0.25, -0.2) is 0 Å². The summed E-state index contributed by atoms with van der Waals surface area (Å²) in [7, 11) is 0. The first-order valence-corrected chi connectivity index (χ1v) is 9.81. The van der Waals surface area contributed by atoms with Crippen LogP contribution >= 0.6 is 23.1 Å². The first kappa shape index (κ1) is 18.2. The largest absolute Gasteiger partial charge is 0.330 e. The van der Waals surface area contributed by atoms with Gasteiger partial charge < -0.3 is 5.32 Å². The number of thioether (sulfide) groups is 1. The maximum atomic E-state index is 12.0. The van der Waals surface area contributed by atoms with Crippen LogP contribution in [-0.4, -0.2) is 21.9 Å². The predicted octanol–water partition coefficient (Wildman–Crippen LogP) is 4.13. The van der Waals surface area contributed by atoms with Gasteiger partial charge in [0.15, 0.2) is 4.34 Å². The molecule has 0 bridgehead atoms. The summed E-state index contributed by atoms with van der Waals surface area (Å²) in [5.41, 5.74) is 9.72. The molecule has 0 fully saturated rings. The van der Waals surface area contributed by atoms with Crippen molar-refractivity contribution in [3.63, 3.8) is 0 Å². The molecule has 1 heterocycles.